The summed E-state index contributed by atoms with van der Waals surface area (Å²) < 4.78 is 13.5. The third-order valence-corrected chi connectivity index (χ3v) is 0.910. The van der Waals surface area contributed by atoms with Crippen LogP contribution in [0.2, 0.25) is 0 Å². The van der Waals surface area contributed by atoms with Crippen LogP contribution in [0.25, 0.3) is 0 Å². The fourth-order valence-electron chi connectivity index (χ4n) is 0.517. The van der Waals surface area contributed by atoms with Gasteiger partial charge in [0.25, 0.3) is 0 Å². The van der Waals surface area contributed by atoms with Crippen LogP contribution < -0.4 is 34.3 Å². The summed E-state index contributed by atoms with van der Waals surface area (Å²) in [7, 11) is -1.38. The second-order valence-electron chi connectivity index (χ2n) is 1.97. The van der Waals surface area contributed by atoms with Crippen LogP contribution in [0.4, 0.5) is 0 Å². The van der Waals surface area contributed by atoms with Crippen LogP contribution in [0.3, 0.4) is 0 Å². The van der Waals surface area contributed by atoms with Gasteiger partial charge in [0.1, 0.15) is 0 Å². The quantitative estimate of drug-likeness (QED) is 0.292. The molecule has 7 heteroatoms. The molecule has 5 nitrogen and oxygen atoms in total. The minimum absolute atomic E-state index is 0. The number of rotatable bonds is 1. The Bertz CT molecular complexity index is 264. The Labute approximate surface area is 104 Å². The summed E-state index contributed by atoms with van der Waals surface area (Å²) in [5, 5.41) is 0. The minimum atomic E-state index is -4.64. The Kier molecular flexibility index (Phi) is 9.98. The van der Waals surface area contributed by atoms with Crippen LogP contribution in [0, 0.1) is 7.11 Å². The molecule has 74 valence electrons. The number of para-hydroxylation sites is 1. The maximum absolute atomic E-state index is 8.88. The van der Waals surface area contributed by atoms with Gasteiger partial charge < -0.3 is 19.4 Å². The molecule has 0 amide bonds. The second-order valence-corrected chi connectivity index (χ2v) is 3.00. The predicted molar refractivity (Wildman–Crippen MR) is 46.7 cm³/mol. The molecule has 14 heavy (non-hydrogen) atoms. The van der Waals surface area contributed by atoms with Crippen molar-refractivity contribution < 1.29 is 53.5 Å². The Hall–Kier alpha value is 0.130. The van der Waals surface area contributed by atoms with E-state index in [1.807, 2.05) is 30.3 Å². The monoisotopic (exact) mass is 228 g/mol. The predicted octanol–water partition coefficient (Wildman–Crippen LogP) is -2.07. The van der Waals surface area contributed by atoms with E-state index in [1.54, 1.807) is 0 Å². The van der Waals surface area contributed by atoms with E-state index in [0.717, 1.165) is 5.75 Å². The van der Waals surface area contributed by atoms with Gasteiger partial charge in [0.2, 0.25) is 0 Å². The smallest absolute Gasteiger partial charge is 0.665 e. The molecule has 0 unspecified atom stereocenters. The second kappa shape index (κ2) is 8.44. The van der Waals surface area contributed by atoms with Gasteiger partial charge in [0, 0.05) is 0 Å². The van der Waals surface area contributed by atoms with E-state index in [9.17, 15) is 0 Å². The molecule has 0 saturated carbocycles. The van der Waals surface area contributed by atoms with Crippen molar-refractivity contribution in [2.24, 2.45) is 0 Å². The van der Waals surface area contributed by atoms with Crippen LogP contribution >= 0.6 is 7.82 Å². The van der Waals surface area contributed by atoms with Crippen molar-refractivity contribution in [3.05, 3.63) is 37.4 Å². The fraction of sp³-hybridized carbons (Fsp3) is 0. The first-order chi connectivity index (χ1) is 5.93. The first kappa shape index (κ1) is 16.6. The minimum Gasteiger partial charge on any atom is -0.665 e. The van der Waals surface area contributed by atoms with Crippen molar-refractivity contribution in [1.82, 2.24) is 0 Å². The summed E-state index contributed by atoms with van der Waals surface area (Å²) in [6.07, 6.45) is 0. The third kappa shape index (κ3) is 14.6. The summed E-state index contributed by atoms with van der Waals surface area (Å²) in [6.45, 7) is 0. The molecule has 3 N–H and O–H groups in total. The first-order valence-electron chi connectivity index (χ1n) is 3.19. The van der Waals surface area contributed by atoms with E-state index in [4.69, 9.17) is 19.2 Å². The average molecular weight is 228 g/mol. The van der Waals surface area contributed by atoms with E-state index < -0.39 is 7.82 Å². The SMILES string of the molecule is O=P(O)(O)O.[CH2-]Oc1ccccc1.[Na+]. The zero-order chi connectivity index (χ0) is 10.3. The summed E-state index contributed by atoms with van der Waals surface area (Å²) in [5.74, 6) is 0.799. The van der Waals surface area contributed by atoms with Gasteiger partial charge in [-0.3, -0.25) is 0 Å². The Morgan fingerprint density at radius 3 is 1.71 bits per heavy atom. The molecule has 0 saturated heterocycles. The zero-order valence-electron chi connectivity index (χ0n) is 7.70. The van der Waals surface area contributed by atoms with Gasteiger partial charge in [-0.05, 0) is 12.1 Å². The number of phosphoric acid groups is 1. The van der Waals surface area contributed by atoms with Crippen LogP contribution in [0.5, 0.6) is 5.75 Å². The number of hydrogen-bond acceptors (Lipinski definition) is 2. The molecular formula is C7H10NaO5P. The Balaban J connectivity index is 0. The molecule has 0 spiro atoms. The molecule has 1 aromatic carbocycles. The molecule has 0 heterocycles. The number of ether oxygens (including phenoxy) is 1. The summed E-state index contributed by atoms with van der Waals surface area (Å²) in [4.78, 5) is 21.6. The molecule has 0 atom stereocenters. The van der Waals surface area contributed by atoms with E-state index in [-0.39, 0.29) is 29.6 Å². The Morgan fingerprint density at radius 1 is 1.14 bits per heavy atom. The van der Waals surface area contributed by atoms with Crippen molar-refractivity contribution in [3.8, 4) is 5.75 Å². The topological polar surface area (TPSA) is 87.0 Å². The number of benzene rings is 1. The standard InChI is InChI=1S/C7H7O.Na.H3O4P/c1-8-7-5-3-2-4-6-7;;1-5(2,3)4/h2-6H,1H2;;(H3,1,2,3,4)/q-1;+1;. The van der Waals surface area contributed by atoms with Crippen LogP contribution in [0.1, 0.15) is 0 Å². The first-order valence-corrected chi connectivity index (χ1v) is 4.75. The normalized spacial score (nSPS) is 9.14. The molecule has 0 aliphatic carbocycles. The van der Waals surface area contributed by atoms with Gasteiger partial charge in [-0.1, -0.05) is 18.2 Å². The van der Waals surface area contributed by atoms with E-state index in [1.165, 1.54) is 0 Å². The molecule has 1 aromatic rings. The van der Waals surface area contributed by atoms with Gasteiger partial charge in [-0.25, -0.2) is 4.57 Å². The fourth-order valence-corrected chi connectivity index (χ4v) is 0.517. The molecule has 0 bridgehead atoms. The van der Waals surface area contributed by atoms with Gasteiger partial charge in [0.05, 0.1) is 5.75 Å². The molecule has 0 fully saturated rings. The molecule has 0 radical (unpaired) electrons. The van der Waals surface area contributed by atoms with Gasteiger partial charge in [-0.2, -0.15) is 7.11 Å². The van der Waals surface area contributed by atoms with Crippen LogP contribution in [-0.2, 0) is 4.57 Å². The van der Waals surface area contributed by atoms with Crippen molar-refractivity contribution in [3.63, 3.8) is 0 Å². The summed E-state index contributed by atoms with van der Waals surface area (Å²) >= 11 is 0. The summed E-state index contributed by atoms with van der Waals surface area (Å²) in [5.41, 5.74) is 0. The number of hydrogen-bond donors (Lipinski definition) is 3. The van der Waals surface area contributed by atoms with E-state index in [2.05, 4.69) is 11.8 Å². The maximum atomic E-state index is 8.88. The Morgan fingerprint density at radius 2 is 1.50 bits per heavy atom. The van der Waals surface area contributed by atoms with Crippen molar-refractivity contribution in [2.45, 2.75) is 0 Å². The zero-order valence-corrected chi connectivity index (χ0v) is 10.6. The van der Waals surface area contributed by atoms with Crippen LogP contribution in [0.15, 0.2) is 30.3 Å². The maximum Gasteiger partial charge on any atom is 1.00 e. The van der Waals surface area contributed by atoms with Gasteiger partial charge in [-0.15, -0.1) is 0 Å². The average Bonchev–Trinajstić information content (AvgIpc) is 2.03. The van der Waals surface area contributed by atoms with E-state index >= 15 is 0 Å². The van der Waals surface area contributed by atoms with Crippen molar-refractivity contribution in [1.29, 1.82) is 0 Å². The molecule has 0 aliphatic rings. The van der Waals surface area contributed by atoms with Crippen molar-refractivity contribution >= 4 is 7.82 Å². The van der Waals surface area contributed by atoms with Crippen molar-refractivity contribution in [2.75, 3.05) is 0 Å². The molecule has 0 aliphatic heterocycles. The van der Waals surface area contributed by atoms with Gasteiger partial charge >= 0.3 is 37.4 Å². The third-order valence-electron chi connectivity index (χ3n) is 0.910. The van der Waals surface area contributed by atoms with Gasteiger partial charge in [0.15, 0.2) is 0 Å². The largest absolute Gasteiger partial charge is 1.00 e. The molecular weight excluding hydrogens is 218 g/mol. The summed E-state index contributed by atoms with van der Waals surface area (Å²) in [6, 6.07) is 9.45. The molecule has 0 aromatic heterocycles. The molecule has 1 rings (SSSR count). The van der Waals surface area contributed by atoms with E-state index in [0.29, 0.717) is 0 Å². The van der Waals surface area contributed by atoms with Crippen LogP contribution in [-0.4, -0.2) is 14.7 Å².